The molecule has 0 spiro atoms. The van der Waals surface area contributed by atoms with Gasteiger partial charge in [0.15, 0.2) is 0 Å². The Bertz CT molecular complexity index is 359. The standard InChI is InChI=1S/C16H31ClN4/c1-3-4-5-6-7-8-9-10-11-12-15(20-18)16-14(17)13-19-21(16)2/h13,15,20H,3-12,18H2,1-2H3. The van der Waals surface area contributed by atoms with Crippen molar-refractivity contribution in [3.05, 3.63) is 16.9 Å². The number of nitrogens with zero attached hydrogens (tertiary/aromatic N) is 2. The molecule has 1 heterocycles. The third-order valence-electron chi connectivity index (χ3n) is 4.07. The summed E-state index contributed by atoms with van der Waals surface area (Å²) >= 11 is 6.16. The lowest BCUT2D eigenvalue weighted by molar-refractivity contribution is 0.450. The van der Waals surface area contributed by atoms with Gasteiger partial charge in [0.2, 0.25) is 0 Å². The molecule has 122 valence electrons. The Balaban J connectivity index is 2.13. The van der Waals surface area contributed by atoms with Gasteiger partial charge in [-0.2, -0.15) is 5.10 Å². The van der Waals surface area contributed by atoms with E-state index < -0.39 is 0 Å². The quantitative estimate of drug-likeness (QED) is 0.339. The summed E-state index contributed by atoms with van der Waals surface area (Å²) in [6.45, 7) is 2.26. The van der Waals surface area contributed by atoms with Crippen LogP contribution in [0.3, 0.4) is 0 Å². The van der Waals surface area contributed by atoms with Crippen molar-refractivity contribution in [2.45, 2.75) is 77.2 Å². The Labute approximate surface area is 134 Å². The summed E-state index contributed by atoms with van der Waals surface area (Å²) in [5.41, 5.74) is 3.85. The molecule has 0 fully saturated rings. The van der Waals surface area contributed by atoms with Crippen molar-refractivity contribution in [3.63, 3.8) is 0 Å². The van der Waals surface area contributed by atoms with Crippen molar-refractivity contribution >= 4 is 11.6 Å². The zero-order valence-corrected chi connectivity index (χ0v) is 14.3. The van der Waals surface area contributed by atoms with Gasteiger partial charge in [-0.1, -0.05) is 76.3 Å². The van der Waals surface area contributed by atoms with Gasteiger partial charge in [-0.3, -0.25) is 16.0 Å². The fourth-order valence-corrected chi connectivity index (χ4v) is 3.07. The van der Waals surface area contributed by atoms with Crippen molar-refractivity contribution < 1.29 is 0 Å². The predicted octanol–water partition coefficient (Wildman–Crippen LogP) is 4.50. The fraction of sp³-hybridized carbons (Fsp3) is 0.812. The lowest BCUT2D eigenvalue weighted by Crippen LogP contribution is -2.29. The van der Waals surface area contributed by atoms with Crippen LogP contribution in [0.2, 0.25) is 5.02 Å². The third kappa shape index (κ3) is 6.81. The number of aromatic nitrogens is 2. The van der Waals surface area contributed by atoms with E-state index in [9.17, 15) is 0 Å². The van der Waals surface area contributed by atoms with Gasteiger partial charge in [0.05, 0.1) is 23.0 Å². The predicted molar refractivity (Wildman–Crippen MR) is 90.1 cm³/mol. The lowest BCUT2D eigenvalue weighted by atomic mass is 10.0. The van der Waals surface area contributed by atoms with Gasteiger partial charge in [0, 0.05) is 7.05 Å². The van der Waals surface area contributed by atoms with E-state index in [1.807, 2.05) is 7.05 Å². The first kappa shape index (κ1) is 18.5. The molecule has 1 aromatic rings. The van der Waals surface area contributed by atoms with Crippen molar-refractivity contribution in [1.82, 2.24) is 15.2 Å². The molecule has 1 aromatic heterocycles. The highest BCUT2D eigenvalue weighted by molar-refractivity contribution is 6.31. The number of unbranched alkanes of at least 4 members (excludes halogenated alkanes) is 8. The molecule has 1 rings (SSSR count). The summed E-state index contributed by atoms with van der Waals surface area (Å²) < 4.78 is 1.81. The zero-order chi connectivity index (χ0) is 15.5. The first-order valence-electron chi connectivity index (χ1n) is 8.34. The molecule has 0 aliphatic carbocycles. The van der Waals surface area contributed by atoms with Crippen LogP contribution in [0, 0.1) is 0 Å². The maximum Gasteiger partial charge on any atom is 0.0834 e. The van der Waals surface area contributed by atoms with Gasteiger partial charge in [-0.15, -0.1) is 0 Å². The number of rotatable bonds is 12. The summed E-state index contributed by atoms with van der Waals surface area (Å²) in [5, 5.41) is 4.86. The molecular formula is C16H31ClN4. The number of nitrogens with two attached hydrogens (primary N) is 1. The molecule has 0 radical (unpaired) electrons. The van der Waals surface area contributed by atoms with Gasteiger partial charge >= 0.3 is 0 Å². The number of aryl methyl sites for hydroxylation is 1. The van der Waals surface area contributed by atoms with E-state index in [0.717, 1.165) is 12.1 Å². The van der Waals surface area contributed by atoms with Crippen LogP contribution < -0.4 is 11.3 Å². The van der Waals surface area contributed by atoms with Crippen LogP contribution in [0.25, 0.3) is 0 Å². The summed E-state index contributed by atoms with van der Waals surface area (Å²) in [4.78, 5) is 0. The van der Waals surface area contributed by atoms with Gasteiger partial charge in [0.1, 0.15) is 0 Å². The molecule has 0 saturated carbocycles. The Kier molecular flexibility index (Phi) is 9.72. The van der Waals surface area contributed by atoms with E-state index in [1.54, 1.807) is 10.9 Å². The smallest absolute Gasteiger partial charge is 0.0834 e. The second kappa shape index (κ2) is 11.0. The van der Waals surface area contributed by atoms with Gasteiger partial charge in [-0.25, -0.2) is 0 Å². The monoisotopic (exact) mass is 314 g/mol. The van der Waals surface area contributed by atoms with Crippen molar-refractivity contribution in [2.24, 2.45) is 12.9 Å². The molecule has 21 heavy (non-hydrogen) atoms. The van der Waals surface area contributed by atoms with Crippen LogP contribution in [-0.2, 0) is 7.05 Å². The number of halogens is 1. The van der Waals surface area contributed by atoms with Crippen LogP contribution in [-0.4, -0.2) is 9.78 Å². The largest absolute Gasteiger partial charge is 0.271 e. The third-order valence-corrected chi connectivity index (χ3v) is 4.36. The summed E-state index contributed by atoms with van der Waals surface area (Å²) in [6.07, 6.45) is 14.7. The number of hydrogen-bond donors (Lipinski definition) is 2. The highest BCUT2D eigenvalue weighted by Crippen LogP contribution is 2.25. The number of nitrogens with one attached hydrogen (secondary N) is 1. The van der Waals surface area contributed by atoms with Crippen LogP contribution in [0.15, 0.2) is 6.20 Å². The maximum absolute atomic E-state index is 6.16. The average Bonchev–Trinajstić information content (AvgIpc) is 2.81. The molecule has 1 atom stereocenters. The molecular weight excluding hydrogens is 284 g/mol. The lowest BCUT2D eigenvalue weighted by Gasteiger charge is -2.16. The van der Waals surface area contributed by atoms with E-state index in [0.29, 0.717) is 5.02 Å². The van der Waals surface area contributed by atoms with Crippen LogP contribution in [0.4, 0.5) is 0 Å². The van der Waals surface area contributed by atoms with E-state index in [-0.39, 0.29) is 6.04 Å². The first-order valence-corrected chi connectivity index (χ1v) is 8.72. The summed E-state index contributed by atoms with van der Waals surface area (Å²) in [5.74, 6) is 5.66. The Hall–Kier alpha value is -0.580. The maximum atomic E-state index is 6.16. The van der Waals surface area contributed by atoms with E-state index in [2.05, 4.69) is 17.4 Å². The Morgan fingerprint density at radius 2 is 1.71 bits per heavy atom. The van der Waals surface area contributed by atoms with Crippen LogP contribution >= 0.6 is 11.6 Å². The van der Waals surface area contributed by atoms with E-state index in [4.69, 9.17) is 17.4 Å². The molecule has 0 bridgehead atoms. The molecule has 0 aliphatic heterocycles. The molecule has 3 N–H and O–H groups in total. The minimum atomic E-state index is 0.0922. The zero-order valence-electron chi connectivity index (χ0n) is 13.6. The van der Waals surface area contributed by atoms with Crippen LogP contribution in [0.5, 0.6) is 0 Å². The summed E-state index contributed by atoms with van der Waals surface area (Å²) in [6, 6.07) is 0.0922. The topological polar surface area (TPSA) is 55.9 Å². The van der Waals surface area contributed by atoms with Crippen molar-refractivity contribution in [3.8, 4) is 0 Å². The van der Waals surface area contributed by atoms with Crippen LogP contribution in [0.1, 0.15) is 82.9 Å². The van der Waals surface area contributed by atoms with Gasteiger partial charge < -0.3 is 0 Å². The molecule has 4 nitrogen and oxygen atoms in total. The van der Waals surface area contributed by atoms with Crippen molar-refractivity contribution in [1.29, 1.82) is 0 Å². The van der Waals surface area contributed by atoms with Crippen molar-refractivity contribution in [2.75, 3.05) is 0 Å². The minimum absolute atomic E-state index is 0.0922. The number of hydrazine groups is 1. The Morgan fingerprint density at radius 1 is 1.14 bits per heavy atom. The SMILES string of the molecule is CCCCCCCCCCCC(NN)c1c(Cl)cnn1C. The molecule has 1 unspecified atom stereocenters. The first-order chi connectivity index (χ1) is 10.2. The molecule has 0 aromatic carbocycles. The van der Waals surface area contributed by atoms with E-state index >= 15 is 0 Å². The van der Waals surface area contributed by atoms with E-state index in [1.165, 1.54) is 57.8 Å². The average molecular weight is 315 g/mol. The highest BCUT2D eigenvalue weighted by Gasteiger charge is 2.17. The Morgan fingerprint density at radius 3 is 2.19 bits per heavy atom. The normalized spacial score (nSPS) is 12.8. The highest BCUT2D eigenvalue weighted by atomic mass is 35.5. The van der Waals surface area contributed by atoms with Gasteiger partial charge in [0.25, 0.3) is 0 Å². The second-order valence-electron chi connectivity index (χ2n) is 5.84. The molecule has 0 aliphatic rings. The summed E-state index contributed by atoms with van der Waals surface area (Å²) in [7, 11) is 1.90. The molecule has 5 heteroatoms. The fourth-order valence-electron chi connectivity index (χ4n) is 2.77. The van der Waals surface area contributed by atoms with Gasteiger partial charge in [-0.05, 0) is 6.42 Å². The number of hydrogen-bond acceptors (Lipinski definition) is 3. The minimum Gasteiger partial charge on any atom is -0.271 e. The second-order valence-corrected chi connectivity index (χ2v) is 6.24. The molecule has 0 amide bonds. The molecule has 0 saturated heterocycles.